The first-order chi connectivity index (χ1) is 9.19. The van der Waals surface area contributed by atoms with Gasteiger partial charge in [-0.25, -0.2) is 9.97 Å². The van der Waals surface area contributed by atoms with Crippen molar-refractivity contribution in [1.82, 2.24) is 15.0 Å². The lowest BCUT2D eigenvalue weighted by atomic mass is 10.2. The number of nitrogens with zero attached hydrogens (tertiary/aromatic N) is 2. The molecule has 5 heteroatoms. The first kappa shape index (κ1) is 12.2. The molecule has 4 nitrogen and oxygen atoms in total. The van der Waals surface area contributed by atoms with Crippen LogP contribution in [0.5, 0.6) is 5.75 Å². The monoisotopic (exact) mass is 317 g/mol. The summed E-state index contributed by atoms with van der Waals surface area (Å²) in [6.45, 7) is 1.98. The SMILES string of the molecule is COc1cccc(-c2nc(C)c3c(Br)c[nH]c3n2)c1. The van der Waals surface area contributed by atoms with E-state index in [0.29, 0.717) is 5.82 Å². The predicted octanol–water partition coefficient (Wildman–Crippen LogP) is 3.70. The first-order valence-electron chi connectivity index (χ1n) is 5.84. The van der Waals surface area contributed by atoms with Crippen LogP contribution >= 0.6 is 15.9 Å². The minimum atomic E-state index is 0.693. The molecular formula is C14H12BrN3O. The number of H-pyrrole nitrogens is 1. The van der Waals surface area contributed by atoms with Crippen molar-refractivity contribution in [1.29, 1.82) is 0 Å². The van der Waals surface area contributed by atoms with Crippen molar-refractivity contribution in [3.63, 3.8) is 0 Å². The fraction of sp³-hybridized carbons (Fsp3) is 0.143. The summed E-state index contributed by atoms with van der Waals surface area (Å²) in [4.78, 5) is 12.3. The Hall–Kier alpha value is -1.88. The van der Waals surface area contributed by atoms with E-state index in [9.17, 15) is 0 Å². The van der Waals surface area contributed by atoms with E-state index < -0.39 is 0 Å². The Morgan fingerprint density at radius 2 is 2.11 bits per heavy atom. The Morgan fingerprint density at radius 3 is 2.89 bits per heavy atom. The second-order valence-electron chi connectivity index (χ2n) is 4.22. The molecule has 1 N–H and O–H groups in total. The minimum absolute atomic E-state index is 0.693. The van der Waals surface area contributed by atoms with Gasteiger partial charge in [0.25, 0.3) is 0 Å². The second-order valence-corrected chi connectivity index (χ2v) is 5.08. The number of rotatable bonds is 2. The quantitative estimate of drug-likeness (QED) is 0.784. The normalized spacial score (nSPS) is 10.9. The minimum Gasteiger partial charge on any atom is -0.497 e. The Bertz CT molecular complexity index is 752. The Balaban J connectivity index is 2.19. The van der Waals surface area contributed by atoms with Crippen molar-refractivity contribution in [3.05, 3.63) is 40.6 Å². The van der Waals surface area contributed by atoms with Crippen LogP contribution < -0.4 is 4.74 Å². The highest BCUT2D eigenvalue weighted by Gasteiger charge is 2.11. The van der Waals surface area contributed by atoms with Gasteiger partial charge >= 0.3 is 0 Å². The third kappa shape index (κ3) is 2.10. The van der Waals surface area contributed by atoms with Gasteiger partial charge < -0.3 is 9.72 Å². The molecule has 3 aromatic rings. The Morgan fingerprint density at radius 1 is 1.26 bits per heavy atom. The molecule has 0 fully saturated rings. The van der Waals surface area contributed by atoms with E-state index in [4.69, 9.17) is 4.74 Å². The van der Waals surface area contributed by atoms with Gasteiger partial charge in [-0.05, 0) is 35.0 Å². The topological polar surface area (TPSA) is 50.8 Å². The summed E-state index contributed by atoms with van der Waals surface area (Å²) in [5.74, 6) is 1.49. The molecule has 1 aromatic carbocycles. The zero-order valence-electron chi connectivity index (χ0n) is 10.6. The molecule has 0 saturated carbocycles. The number of halogens is 1. The number of hydrogen-bond acceptors (Lipinski definition) is 3. The van der Waals surface area contributed by atoms with Crippen LogP contribution in [0.25, 0.3) is 22.4 Å². The number of hydrogen-bond donors (Lipinski definition) is 1. The molecule has 0 aliphatic rings. The van der Waals surface area contributed by atoms with Gasteiger partial charge in [-0.3, -0.25) is 0 Å². The van der Waals surface area contributed by atoms with E-state index in [1.807, 2.05) is 37.4 Å². The molecule has 0 unspecified atom stereocenters. The lowest BCUT2D eigenvalue weighted by Gasteiger charge is -2.05. The van der Waals surface area contributed by atoms with Gasteiger partial charge in [0.05, 0.1) is 18.2 Å². The molecule has 3 rings (SSSR count). The Kier molecular flexibility index (Phi) is 2.98. The molecule has 0 radical (unpaired) electrons. The van der Waals surface area contributed by atoms with Gasteiger partial charge in [-0.1, -0.05) is 12.1 Å². The molecule has 0 saturated heterocycles. The summed E-state index contributed by atoms with van der Waals surface area (Å²) < 4.78 is 6.21. The van der Waals surface area contributed by atoms with Gasteiger partial charge in [0.2, 0.25) is 0 Å². The fourth-order valence-corrected chi connectivity index (χ4v) is 2.65. The molecule has 19 heavy (non-hydrogen) atoms. The lowest BCUT2D eigenvalue weighted by molar-refractivity contribution is 0.415. The van der Waals surface area contributed by atoms with Crippen LogP contribution in [0.1, 0.15) is 5.69 Å². The molecule has 0 amide bonds. The van der Waals surface area contributed by atoms with Crippen LogP contribution in [0.15, 0.2) is 34.9 Å². The standard InChI is InChI=1S/C14H12BrN3O/c1-8-12-11(15)7-16-14(12)18-13(17-8)9-4-3-5-10(6-9)19-2/h3-7H,1-2H3,(H,16,17,18). The highest BCUT2D eigenvalue weighted by molar-refractivity contribution is 9.10. The summed E-state index contributed by atoms with van der Waals surface area (Å²) >= 11 is 3.49. The maximum absolute atomic E-state index is 5.23. The van der Waals surface area contributed by atoms with Gasteiger partial charge in [0, 0.05) is 16.2 Å². The van der Waals surface area contributed by atoms with E-state index in [2.05, 4.69) is 30.9 Å². The van der Waals surface area contributed by atoms with Crippen molar-refractivity contribution in [2.24, 2.45) is 0 Å². The maximum atomic E-state index is 5.23. The number of aromatic amines is 1. The molecular weight excluding hydrogens is 306 g/mol. The van der Waals surface area contributed by atoms with E-state index in [1.54, 1.807) is 7.11 Å². The van der Waals surface area contributed by atoms with E-state index >= 15 is 0 Å². The lowest BCUT2D eigenvalue weighted by Crippen LogP contribution is -1.94. The van der Waals surface area contributed by atoms with E-state index in [0.717, 1.165) is 32.5 Å². The summed E-state index contributed by atoms with van der Waals surface area (Å²) in [6.07, 6.45) is 1.88. The molecule has 0 aliphatic carbocycles. The average molecular weight is 318 g/mol. The van der Waals surface area contributed by atoms with Crippen LogP contribution in [-0.4, -0.2) is 22.1 Å². The molecule has 0 spiro atoms. The number of fused-ring (bicyclic) bond motifs is 1. The number of benzene rings is 1. The Labute approximate surface area is 119 Å². The van der Waals surface area contributed by atoms with Gasteiger partial charge in [0.1, 0.15) is 11.4 Å². The predicted molar refractivity (Wildman–Crippen MR) is 78.3 cm³/mol. The summed E-state index contributed by atoms with van der Waals surface area (Å²) in [5, 5.41) is 1.02. The third-order valence-electron chi connectivity index (χ3n) is 2.99. The molecule has 0 aliphatic heterocycles. The fourth-order valence-electron chi connectivity index (χ4n) is 2.06. The van der Waals surface area contributed by atoms with Crippen molar-refractivity contribution >= 4 is 27.0 Å². The van der Waals surface area contributed by atoms with Crippen molar-refractivity contribution in [2.75, 3.05) is 7.11 Å². The van der Waals surface area contributed by atoms with Gasteiger partial charge in [-0.2, -0.15) is 0 Å². The second kappa shape index (κ2) is 4.66. The zero-order chi connectivity index (χ0) is 13.4. The highest BCUT2D eigenvalue weighted by Crippen LogP contribution is 2.28. The summed E-state index contributed by atoms with van der Waals surface area (Å²) in [6, 6.07) is 7.74. The third-order valence-corrected chi connectivity index (χ3v) is 3.62. The van der Waals surface area contributed by atoms with Crippen LogP contribution in [0.3, 0.4) is 0 Å². The molecule has 2 heterocycles. The molecule has 96 valence electrons. The van der Waals surface area contributed by atoms with E-state index in [-0.39, 0.29) is 0 Å². The van der Waals surface area contributed by atoms with Gasteiger partial charge in [0.15, 0.2) is 5.82 Å². The maximum Gasteiger partial charge on any atom is 0.161 e. The average Bonchev–Trinajstić information content (AvgIpc) is 2.81. The van der Waals surface area contributed by atoms with Crippen molar-refractivity contribution < 1.29 is 4.74 Å². The number of nitrogens with one attached hydrogen (secondary N) is 1. The number of aromatic nitrogens is 3. The van der Waals surface area contributed by atoms with Crippen LogP contribution in [0.4, 0.5) is 0 Å². The van der Waals surface area contributed by atoms with Crippen LogP contribution in [0.2, 0.25) is 0 Å². The number of ether oxygens (including phenoxy) is 1. The highest BCUT2D eigenvalue weighted by atomic mass is 79.9. The van der Waals surface area contributed by atoms with Gasteiger partial charge in [-0.15, -0.1) is 0 Å². The largest absolute Gasteiger partial charge is 0.497 e. The van der Waals surface area contributed by atoms with Crippen LogP contribution in [-0.2, 0) is 0 Å². The van der Waals surface area contributed by atoms with Crippen molar-refractivity contribution in [2.45, 2.75) is 6.92 Å². The molecule has 2 aromatic heterocycles. The number of aryl methyl sites for hydroxylation is 1. The molecule has 0 bridgehead atoms. The van der Waals surface area contributed by atoms with E-state index in [1.165, 1.54) is 0 Å². The number of methoxy groups -OCH3 is 1. The zero-order valence-corrected chi connectivity index (χ0v) is 12.2. The molecule has 0 atom stereocenters. The smallest absolute Gasteiger partial charge is 0.161 e. The summed E-state index contributed by atoms with van der Waals surface area (Å²) in [7, 11) is 1.65. The van der Waals surface area contributed by atoms with Crippen molar-refractivity contribution in [3.8, 4) is 17.1 Å². The first-order valence-corrected chi connectivity index (χ1v) is 6.64. The summed E-state index contributed by atoms with van der Waals surface area (Å²) in [5.41, 5.74) is 2.71. The van der Waals surface area contributed by atoms with Crippen LogP contribution in [0, 0.1) is 6.92 Å².